The highest BCUT2D eigenvalue weighted by Gasteiger charge is 2.32. The van der Waals surface area contributed by atoms with Gasteiger partial charge in [-0.1, -0.05) is 13.0 Å². The van der Waals surface area contributed by atoms with E-state index in [1.165, 1.54) is 6.07 Å². The molecule has 0 radical (unpaired) electrons. The predicted molar refractivity (Wildman–Crippen MR) is 112 cm³/mol. The molecule has 0 bridgehead atoms. The molecule has 1 aromatic heterocycles. The Morgan fingerprint density at radius 2 is 1.84 bits per heavy atom. The molecule has 0 N–H and O–H groups in total. The molecule has 2 aliphatic rings. The Balaban J connectivity index is 1.66. The molecule has 0 aliphatic carbocycles. The minimum Gasteiger partial charge on any atom is -0.352 e. The molecule has 4 rings (SSSR count). The van der Waals surface area contributed by atoms with Crippen molar-refractivity contribution in [2.24, 2.45) is 5.92 Å². The number of alkyl halides is 4. The summed E-state index contributed by atoms with van der Waals surface area (Å²) in [6, 6.07) is 3.78. The zero-order valence-electron chi connectivity index (χ0n) is 18.2. The molecule has 1 aromatic carbocycles. The van der Waals surface area contributed by atoms with Crippen LogP contribution in [0.15, 0.2) is 18.2 Å². The van der Waals surface area contributed by atoms with Crippen molar-refractivity contribution in [3.63, 3.8) is 0 Å². The second-order valence-corrected chi connectivity index (χ2v) is 8.70. The van der Waals surface area contributed by atoms with Gasteiger partial charge in [0.05, 0.1) is 5.56 Å². The van der Waals surface area contributed by atoms with E-state index in [0.717, 1.165) is 30.5 Å². The van der Waals surface area contributed by atoms with Crippen molar-refractivity contribution in [2.45, 2.75) is 52.5 Å². The number of anilines is 1. The average Bonchev–Trinajstić information content (AvgIpc) is 2.78. The van der Waals surface area contributed by atoms with E-state index in [2.05, 4.69) is 16.9 Å². The van der Waals surface area contributed by atoms with Crippen molar-refractivity contribution in [3.05, 3.63) is 52.0 Å². The standard InChI is InChI=1S/C23H26F4N4O/c1-14-5-8-30(9-6-14)22(32)20-15(2)21(29-19(12-24)28-20)31-10-7-16-3-4-18(23(25,26)27)11-17(16)13-31/h3-4,11,14H,5-10,12-13H2,1-2H3. The number of likely N-dealkylation sites (tertiary alicyclic amines) is 1. The van der Waals surface area contributed by atoms with E-state index >= 15 is 0 Å². The number of rotatable bonds is 3. The number of halogens is 4. The average molecular weight is 450 g/mol. The third kappa shape index (κ3) is 4.42. The van der Waals surface area contributed by atoms with Gasteiger partial charge in [-0.3, -0.25) is 4.79 Å². The number of nitrogens with zero attached hydrogens (tertiary/aromatic N) is 4. The lowest BCUT2D eigenvalue weighted by molar-refractivity contribution is -0.137. The quantitative estimate of drug-likeness (QED) is 0.636. The van der Waals surface area contributed by atoms with Crippen LogP contribution in [0.5, 0.6) is 0 Å². The van der Waals surface area contributed by atoms with Gasteiger partial charge in [0.2, 0.25) is 0 Å². The lowest BCUT2D eigenvalue weighted by Gasteiger charge is -2.33. The second-order valence-electron chi connectivity index (χ2n) is 8.70. The molecule has 0 unspecified atom stereocenters. The first kappa shape index (κ1) is 22.5. The van der Waals surface area contributed by atoms with Crippen LogP contribution in [0.4, 0.5) is 23.4 Å². The number of aromatic nitrogens is 2. The minimum atomic E-state index is -4.42. The van der Waals surface area contributed by atoms with Crippen molar-refractivity contribution in [2.75, 3.05) is 24.5 Å². The number of amides is 1. The Morgan fingerprint density at radius 3 is 2.50 bits per heavy atom. The van der Waals surface area contributed by atoms with Gasteiger partial charge in [0, 0.05) is 31.7 Å². The van der Waals surface area contributed by atoms with Crippen LogP contribution < -0.4 is 4.90 Å². The molecule has 5 nitrogen and oxygen atoms in total. The maximum Gasteiger partial charge on any atom is 0.416 e. The molecule has 0 saturated carbocycles. The van der Waals surface area contributed by atoms with Gasteiger partial charge >= 0.3 is 6.18 Å². The summed E-state index contributed by atoms with van der Waals surface area (Å²) in [7, 11) is 0. The Kier molecular flexibility index (Phi) is 6.09. The number of fused-ring (bicyclic) bond motifs is 1. The van der Waals surface area contributed by atoms with Gasteiger partial charge in [-0.05, 0) is 55.4 Å². The Hall–Kier alpha value is -2.71. The summed E-state index contributed by atoms with van der Waals surface area (Å²) in [4.78, 5) is 25.2. The maximum absolute atomic E-state index is 13.6. The van der Waals surface area contributed by atoms with Crippen molar-refractivity contribution in [1.29, 1.82) is 0 Å². The second kappa shape index (κ2) is 8.67. The molecule has 32 heavy (non-hydrogen) atoms. The first-order valence-corrected chi connectivity index (χ1v) is 10.8. The molecule has 1 fully saturated rings. The number of benzene rings is 1. The molecule has 9 heteroatoms. The monoisotopic (exact) mass is 450 g/mol. The summed E-state index contributed by atoms with van der Waals surface area (Å²) in [6.45, 7) is 4.91. The Bertz CT molecular complexity index is 1020. The van der Waals surface area contributed by atoms with Gasteiger partial charge < -0.3 is 9.80 Å². The molecule has 0 atom stereocenters. The lowest BCUT2D eigenvalue weighted by Crippen LogP contribution is -2.39. The minimum absolute atomic E-state index is 0.0887. The summed E-state index contributed by atoms with van der Waals surface area (Å²) in [5.74, 6) is 0.626. The normalized spacial score (nSPS) is 17.4. The number of piperidine rings is 1. The number of carbonyl (C=O) groups is 1. The summed E-state index contributed by atoms with van der Waals surface area (Å²) < 4.78 is 53.1. The molecular weight excluding hydrogens is 424 g/mol. The van der Waals surface area contributed by atoms with E-state index in [1.807, 2.05) is 4.90 Å². The van der Waals surface area contributed by atoms with Crippen LogP contribution in [0, 0.1) is 12.8 Å². The van der Waals surface area contributed by atoms with Gasteiger partial charge in [0.1, 0.15) is 18.2 Å². The van der Waals surface area contributed by atoms with Crippen molar-refractivity contribution >= 4 is 11.7 Å². The van der Waals surface area contributed by atoms with Crippen molar-refractivity contribution in [1.82, 2.24) is 14.9 Å². The number of hydrogen-bond acceptors (Lipinski definition) is 4. The topological polar surface area (TPSA) is 49.3 Å². The van der Waals surface area contributed by atoms with E-state index < -0.39 is 18.4 Å². The highest BCUT2D eigenvalue weighted by atomic mass is 19.4. The molecule has 2 aliphatic heterocycles. The van der Waals surface area contributed by atoms with Gasteiger partial charge in [-0.2, -0.15) is 13.2 Å². The van der Waals surface area contributed by atoms with Crippen LogP contribution >= 0.6 is 0 Å². The summed E-state index contributed by atoms with van der Waals surface area (Å²) in [5.41, 5.74) is 1.42. The Labute approximate surface area is 184 Å². The molecule has 0 spiro atoms. The number of hydrogen-bond donors (Lipinski definition) is 0. The smallest absolute Gasteiger partial charge is 0.352 e. The molecule has 1 amide bonds. The van der Waals surface area contributed by atoms with Crippen LogP contribution in [0.3, 0.4) is 0 Å². The SMILES string of the molecule is Cc1c(C(=O)N2CCC(C)CC2)nc(CF)nc1N1CCc2ccc(C(F)(F)F)cc2C1. The number of carbonyl (C=O) groups excluding carboxylic acids is 1. The fraction of sp³-hybridized carbons (Fsp3) is 0.522. The molecule has 3 heterocycles. The molecular formula is C23H26F4N4O. The highest BCUT2D eigenvalue weighted by Crippen LogP contribution is 2.34. The lowest BCUT2D eigenvalue weighted by atomic mass is 9.96. The van der Waals surface area contributed by atoms with E-state index in [0.29, 0.717) is 48.9 Å². The van der Waals surface area contributed by atoms with Crippen LogP contribution in [0.1, 0.15) is 58.3 Å². The van der Waals surface area contributed by atoms with E-state index in [-0.39, 0.29) is 24.0 Å². The van der Waals surface area contributed by atoms with Crippen molar-refractivity contribution in [3.8, 4) is 0 Å². The third-order valence-electron chi connectivity index (χ3n) is 6.40. The van der Waals surface area contributed by atoms with Crippen LogP contribution in [-0.2, 0) is 25.8 Å². The molecule has 2 aromatic rings. The highest BCUT2D eigenvalue weighted by molar-refractivity contribution is 5.95. The largest absolute Gasteiger partial charge is 0.416 e. The summed E-state index contributed by atoms with van der Waals surface area (Å²) in [5, 5.41) is 0. The zero-order valence-corrected chi connectivity index (χ0v) is 18.2. The van der Waals surface area contributed by atoms with Crippen LogP contribution in [0.25, 0.3) is 0 Å². The maximum atomic E-state index is 13.6. The fourth-order valence-corrected chi connectivity index (χ4v) is 4.40. The van der Waals surface area contributed by atoms with Gasteiger partial charge in [-0.25, -0.2) is 14.4 Å². The van der Waals surface area contributed by atoms with E-state index in [9.17, 15) is 22.4 Å². The fourth-order valence-electron chi connectivity index (χ4n) is 4.40. The van der Waals surface area contributed by atoms with Crippen molar-refractivity contribution < 1.29 is 22.4 Å². The van der Waals surface area contributed by atoms with Gasteiger partial charge in [-0.15, -0.1) is 0 Å². The first-order valence-electron chi connectivity index (χ1n) is 10.8. The molecule has 1 saturated heterocycles. The van der Waals surface area contributed by atoms with Gasteiger partial charge in [0.15, 0.2) is 5.82 Å². The van der Waals surface area contributed by atoms with E-state index in [1.54, 1.807) is 11.8 Å². The molecule has 172 valence electrons. The zero-order chi connectivity index (χ0) is 23.0. The van der Waals surface area contributed by atoms with Crippen LogP contribution in [-0.4, -0.2) is 40.4 Å². The predicted octanol–water partition coefficient (Wildman–Crippen LogP) is 4.71. The first-order chi connectivity index (χ1) is 15.2. The van der Waals surface area contributed by atoms with Crippen LogP contribution in [0.2, 0.25) is 0 Å². The van der Waals surface area contributed by atoms with Gasteiger partial charge in [0.25, 0.3) is 5.91 Å². The van der Waals surface area contributed by atoms with E-state index in [4.69, 9.17) is 0 Å². The third-order valence-corrected chi connectivity index (χ3v) is 6.40. The summed E-state index contributed by atoms with van der Waals surface area (Å²) >= 11 is 0. The Morgan fingerprint density at radius 1 is 1.12 bits per heavy atom. The summed E-state index contributed by atoms with van der Waals surface area (Å²) in [6.07, 6.45) is -2.07.